The minimum Gasteiger partial charge on any atom is -0.395 e. The SMILES string of the molecule is CC(C=Cc1ccccc1)=C1SC(=S)N(CCC(=O)N(CCO)Cc2ccccc2)C1=O. The number of thiocarbonyl (C=S) groups is 1. The van der Waals surface area contributed by atoms with Crippen molar-refractivity contribution in [3.8, 4) is 0 Å². The summed E-state index contributed by atoms with van der Waals surface area (Å²) in [6.45, 7) is 2.66. The molecule has 1 saturated heterocycles. The van der Waals surface area contributed by atoms with Crippen LogP contribution in [0.3, 0.4) is 0 Å². The lowest BCUT2D eigenvalue weighted by Crippen LogP contribution is -2.37. The molecule has 0 radical (unpaired) electrons. The zero-order chi connectivity index (χ0) is 22.9. The summed E-state index contributed by atoms with van der Waals surface area (Å²) in [5.74, 6) is -0.290. The Labute approximate surface area is 198 Å². The van der Waals surface area contributed by atoms with E-state index in [1.807, 2.05) is 79.7 Å². The Morgan fingerprint density at radius 2 is 1.78 bits per heavy atom. The Bertz CT molecular complexity index is 1020. The highest BCUT2D eigenvalue weighted by Crippen LogP contribution is 2.34. The first-order valence-corrected chi connectivity index (χ1v) is 11.6. The molecular formula is C25H26N2O3S2. The summed E-state index contributed by atoms with van der Waals surface area (Å²) in [7, 11) is 0. The zero-order valence-corrected chi connectivity index (χ0v) is 19.6. The van der Waals surface area contributed by atoms with E-state index in [0.717, 1.165) is 16.7 Å². The minimum atomic E-state index is -0.167. The van der Waals surface area contributed by atoms with Crippen molar-refractivity contribution in [2.24, 2.45) is 0 Å². The third kappa shape index (κ3) is 6.38. The number of allylic oxidation sites excluding steroid dienone is 2. The average Bonchev–Trinajstić information content (AvgIpc) is 3.10. The van der Waals surface area contributed by atoms with Crippen LogP contribution in [-0.2, 0) is 16.1 Å². The van der Waals surface area contributed by atoms with Crippen molar-refractivity contribution < 1.29 is 14.7 Å². The second-order valence-electron chi connectivity index (χ2n) is 7.36. The van der Waals surface area contributed by atoms with Crippen LogP contribution >= 0.6 is 24.0 Å². The standard InChI is InChI=1S/C25H26N2O3S2/c1-19(12-13-20-8-4-2-5-9-20)23-24(30)27(25(31)32-23)15-14-22(29)26(16-17-28)18-21-10-6-3-7-11-21/h2-13,28H,14-18H2,1H3. The van der Waals surface area contributed by atoms with Gasteiger partial charge in [0, 0.05) is 26.1 Å². The largest absolute Gasteiger partial charge is 0.395 e. The molecule has 166 valence electrons. The van der Waals surface area contributed by atoms with Crippen LogP contribution < -0.4 is 0 Å². The molecule has 0 aliphatic carbocycles. The molecular weight excluding hydrogens is 440 g/mol. The van der Waals surface area contributed by atoms with Gasteiger partial charge in [-0.05, 0) is 23.6 Å². The smallest absolute Gasteiger partial charge is 0.266 e. The highest BCUT2D eigenvalue weighted by atomic mass is 32.2. The highest BCUT2D eigenvalue weighted by Gasteiger charge is 2.33. The number of rotatable bonds is 9. The quantitative estimate of drug-likeness (QED) is 0.442. The van der Waals surface area contributed by atoms with E-state index >= 15 is 0 Å². The molecule has 0 atom stereocenters. The molecule has 1 aliphatic heterocycles. The van der Waals surface area contributed by atoms with E-state index in [4.69, 9.17) is 12.2 Å². The lowest BCUT2D eigenvalue weighted by Gasteiger charge is -2.23. The van der Waals surface area contributed by atoms with Crippen molar-refractivity contribution in [1.29, 1.82) is 0 Å². The molecule has 7 heteroatoms. The summed E-state index contributed by atoms with van der Waals surface area (Å²) >= 11 is 6.68. The van der Waals surface area contributed by atoms with Gasteiger partial charge in [0.1, 0.15) is 4.32 Å². The Morgan fingerprint density at radius 3 is 2.44 bits per heavy atom. The van der Waals surface area contributed by atoms with Gasteiger partial charge in [0.05, 0.1) is 11.5 Å². The molecule has 0 spiro atoms. The van der Waals surface area contributed by atoms with E-state index in [0.29, 0.717) is 15.8 Å². The summed E-state index contributed by atoms with van der Waals surface area (Å²) in [5, 5.41) is 9.36. The number of hydrogen-bond acceptors (Lipinski definition) is 5. The van der Waals surface area contributed by atoms with Crippen LogP contribution in [0.2, 0.25) is 0 Å². The molecule has 1 aliphatic rings. The number of hydrogen-bond donors (Lipinski definition) is 1. The summed E-state index contributed by atoms with van der Waals surface area (Å²) in [5.41, 5.74) is 2.88. The Balaban J connectivity index is 1.63. The number of aliphatic hydroxyl groups excluding tert-OH is 1. The molecule has 1 heterocycles. The van der Waals surface area contributed by atoms with Gasteiger partial charge in [-0.1, -0.05) is 96.8 Å². The third-order valence-corrected chi connectivity index (χ3v) is 6.59. The van der Waals surface area contributed by atoms with E-state index in [9.17, 15) is 14.7 Å². The van der Waals surface area contributed by atoms with Crippen molar-refractivity contribution in [2.45, 2.75) is 19.9 Å². The van der Waals surface area contributed by atoms with Crippen LogP contribution in [0, 0.1) is 0 Å². The van der Waals surface area contributed by atoms with Gasteiger partial charge < -0.3 is 10.0 Å². The van der Waals surface area contributed by atoms with Crippen LogP contribution in [0.5, 0.6) is 0 Å². The van der Waals surface area contributed by atoms with Gasteiger partial charge in [-0.15, -0.1) is 0 Å². The Hall–Kier alpha value is -2.74. The van der Waals surface area contributed by atoms with Gasteiger partial charge in [0.25, 0.3) is 5.91 Å². The molecule has 32 heavy (non-hydrogen) atoms. The minimum absolute atomic E-state index is 0.116. The third-order valence-electron chi connectivity index (χ3n) is 5.02. The second kappa shape index (κ2) is 11.8. The molecule has 0 unspecified atom stereocenters. The number of aliphatic hydroxyl groups is 1. The fraction of sp³-hybridized carbons (Fsp3) is 0.240. The van der Waals surface area contributed by atoms with Crippen LogP contribution in [0.1, 0.15) is 24.5 Å². The first-order chi connectivity index (χ1) is 15.5. The van der Waals surface area contributed by atoms with E-state index < -0.39 is 0 Å². The molecule has 2 aromatic carbocycles. The number of carbonyl (C=O) groups is 2. The van der Waals surface area contributed by atoms with Crippen molar-refractivity contribution in [1.82, 2.24) is 9.80 Å². The molecule has 1 N–H and O–H groups in total. The molecule has 1 fully saturated rings. The topological polar surface area (TPSA) is 60.9 Å². The van der Waals surface area contributed by atoms with Crippen molar-refractivity contribution in [3.63, 3.8) is 0 Å². The predicted octanol–water partition coefficient (Wildman–Crippen LogP) is 4.25. The number of benzene rings is 2. The number of amides is 2. The maximum atomic E-state index is 12.9. The van der Waals surface area contributed by atoms with Gasteiger partial charge in [0.15, 0.2) is 0 Å². The van der Waals surface area contributed by atoms with Gasteiger partial charge >= 0.3 is 0 Å². The molecule has 2 amide bonds. The summed E-state index contributed by atoms with van der Waals surface area (Å²) < 4.78 is 0.460. The second-order valence-corrected chi connectivity index (χ2v) is 9.00. The monoisotopic (exact) mass is 466 g/mol. The van der Waals surface area contributed by atoms with E-state index in [1.54, 1.807) is 4.90 Å². The average molecular weight is 467 g/mol. The number of carbonyl (C=O) groups excluding carboxylic acids is 2. The van der Waals surface area contributed by atoms with Crippen molar-refractivity contribution in [3.05, 3.63) is 88.3 Å². The van der Waals surface area contributed by atoms with Gasteiger partial charge in [-0.25, -0.2) is 0 Å². The predicted molar refractivity (Wildman–Crippen MR) is 134 cm³/mol. The van der Waals surface area contributed by atoms with Gasteiger partial charge in [-0.2, -0.15) is 0 Å². The fourth-order valence-corrected chi connectivity index (χ4v) is 4.59. The molecule has 2 aromatic rings. The van der Waals surface area contributed by atoms with Gasteiger partial charge in [0.2, 0.25) is 5.91 Å². The molecule has 0 bridgehead atoms. The number of thioether (sulfide) groups is 1. The van der Waals surface area contributed by atoms with Crippen LogP contribution in [0.25, 0.3) is 6.08 Å². The van der Waals surface area contributed by atoms with E-state index in [2.05, 4.69) is 0 Å². The normalized spacial score (nSPS) is 15.5. The maximum absolute atomic E-state index is 12.9. The van der Waals surface area contributed by atoms with Crippen molar-refractivity contribution >= 4 is 46.2 Å². The summed E-state index contributed by atoms with van der Waals surface area (Å²) in [6, 6.07) is 19.5. The first-order valence-electron chi connectivity index (χ1n) is 10.4. The first kappa shape index (κ1) is 23.9. The lowest BCUT2D eigenvalue weighted by atomic mass is 10.1. The molecule has 5 nitrogen and oxygen atoms in total. The summed E-state index contributed by atoms with van der Waals surface area (Å²) in [6.07, 6.45) is 4.02. The van der Waals surface area contributed by atoms with Crippen LogP contribution in [-0.4, -0.2) is 50.7 Å². The summed E-state index contributed by atoms with van der Waals surface area (Å²) in [4.78, 5) is 29.4. The Morgan fingerprint density at radius 1 is 1.12 bits per heavy atom. The van der Waals surface area contributed by atoms with Crippen LogP contribution in [0.4, 0.5) is 0 Å². The van der Waals surface area contributed by atoms with Crippen LogP contribution in [0.15, 0.2) is 77.2 Å². The molecule has 3 rings (SSSR count). The van der Waals surface area contributed by atoms with Gasteiger partial charge in [-0.3, -0.25) is 14.5 Å². The Kier molecular flexibility index (Phi) is 8.79. The molecule has 0 aromatic heterocycles. The van der Waals surface area contributed by atoms with E-state index in [-0.39, 0.29) is 37.9 Å². The number of nitrogens with zero attached hydrogens (tertiary/aromatic N) is 2. The van der Waals surface area contributed by atoms with Crippen molar-refractivity contribution in [2.75, 3.05) is 19.7 Å². The highest BCUT2D eigenvalue weighted by molar-refractivity contribution is 8.26. The van der Waals surface area contributed by atoms with E-state index in [1.165, 1.54) is 16.7 Å². The zero-order valence-electron chi connectivity index (χ0n) is 17.9. The fourth-order valence-electron chi connectivity index (χ4n) is 3.28. The molecule has 0 saturated carbocycles. The lowest BCUT2D eigenvalue weighted by molar-refractivity contribution is -0.132. The maximum Gasteiger partial charge on any atom is 0.266 e.